The van der Waals surface area contributed by atoms with Crippen molar-refractivity contribution in [3.8, 4) is 5.69 Å². The molecule has 0 bridgehead atoms. The van der Waals surface area contributed by atoms with Crippen LogP contribution in [0.2, 0.25) is 0 Å². The van der Waals surface area contributed by atoms with Gasteiger partial charge in [0.1, 0.15) is 17.3 Å². The molecule has 1 fully saturated rings. The Morgan fingerprint density at radius 2 is 1.94 bits per heavy atom. The molecular formula is C24H30FN5O2S. The largest absolute Gasteiger partial charge is 0.293 e. The molecule has 1 atom stereocenters. The van der Waals surface area contributed by atoms with Crippen LogP contribution in [0.5, 0.6) is 0 Å². The van der Waals surface area contributed by atoms with E-state index in [0.717, 1.165) is 37.4 Å². The van der Waals surface area contributed by atoms with Gasteiger partial charge in [-0.2, -0.15) is 0 Å². The van der Waals surface area contributed by atoms with Crippen molar-refractivity contribution in [2.75, 3.05) is 6.54 Å². The van der Waals surface area contributed by atoms with Crippen LogP contribution >= 0.6 is 0 Å². The molecule has 176 valence electrons. The Kier molecular flexibility index (Phi) is 7.21. The van der Waals surface area contributed by atoms with Gasteiger partial charge in [-0.25, -0.2) is 27.6 Å². The number of aromatic nitrogens is 3. The fourth-order valence-corrected chi connectivity index (χ4v) is 5.02. The Hall–Kier alpha value is -2.62. The number of hydrogen-bond donors (Lipinski definition) is 1. The normalized spacial score (nSPS) is 17.4. The molecule has 0 spiro atoms. The molecule has 0 aliphatic carbocycles. The second-order valence-corrected chi connectivity index (χ2v) is 10.1. The molecule has 1 aliphatic heterocycles. The number of sulfonamides is 1. The van der Waals surface area contributed by atoms with E-state index >= 15 is 0 Å². The highest BCUT2D eigenvalue weighted by Crippen LogP contribution is 2.24. The lowest BCUT2D eigenvalue weighted by Crippen LogP contribution is -2.39. The topological polar surface area (TPSA) is 94.1 Å². The van der Waals surface area contributed by atoms with E-state index in [0.29, 0.717) is 30.7 Å². The first kappa shape index (κ1) is 23.5. The number of nitrogens with two attached hydrogens (primary N) is 1. The molecule has 0 radical (unpaired) electrons. The van der Waals surface area contributed by atoms with Gasteiger partial charge in [0.2, 0.25) is 10.0 Å². The van der Waals surface area contributed by atoms with Gasteiger partial charge in [-0.1, -0.05) is 50.1 Å². The van der Waals surface area contributed by atoms with Gasteiger partial charge in [0.15, 0.2) is 5.82 Å². The minimum absolute atomic E-state index is 0.149. The quantitative estimate of drug-likeness (QED) is 0.539. The Morgan fingerprint density at radius 3 is 2.64 bits per heavy atom. The summed E-state index contributed by atoms with van der Waals surface area (Å²) in [5, 5.41) is 9.82. The summed E-state index contributed by atoms with van der Waals surface area (Å²) < 4.78 is 39.7. The molecule has 9 heteroatoms. The predicted octanol–water partition coefficient (Wildman–Crippen LogP) is 3.80. The van der Waals surface area contributed by atoms with E-state index in [9.17, 15) is 12.8 Å². The maximum Gasteiger partial charge on any atom is 0.238 e. The molecule has 1 saturated heterocycles. The van der Waals surface area contributed by atoms with Crippen LogP contribution < -0.4 is 5.14 Å². The summed E-state index contributed by atoms with van der Waals surface area (Å²) in [6, 6.07) is 13.9. The first-order valence-electron chi connectivity index (χ1n) is 11.4. The van der Waals surface area contributed by atoms with Crippen molar-refractivity contribution < 1.29 is 12.8 Å². The lowest BCUT2D eigenvalue weighted by Gasteiger charge is -2.34. The second kappa shape index (κ2) is 10.1. The average Bonchev–Trinajstić information content (AvgIpc) is 3.17. The molecule has 7 nitrogen and oxygen atoms in total. The third-order valence-corrected chi connectivity index (χ3v) is 7.03. The number of piperidine rings is 1. The van der Waals surface area contributed by atoms with Crippen molar-refractivity contribution in [2.24, 2.45) is 5.14 Å². The average molecular weight is 472 g/mol. The fraction of sp³-hybridized carbons (Fsp3) is 0.417. The lowest BCUT2D eigenvalue weighted by atomic mass is 9.98. The molecule has 4 rings (SSSR count). The molecular weight excluding hydrogens is 441 g/mol. The zero-order chi connectivity index (χ0) is 23.4. The van der Waals surface area contributed by atoms with Crippen LogP contribution in [0, 0.1) is 5.82 Å². The van der Waals surface area contributed by atoms with Crippen LogP contribution in [-0.2, 0) is 23.0 Å². The highest BCUT2D eigenvalue weighted by Gasteiger charge is 2.24. The summed E-state index contributed by atoms with van der Waals surface area (Å²) >= 11 is 0. The molecule has 3 aromatic rings. The summed E-state index contributed by atoms with van der Waals surface area (Å²) in [5.41, 5.74) is 1.18. The zero-order valence-corrected chi connectivity index (χ0v) is 19.6. The number of rotatable bonds is 8. The number of hydrogen-bond acceptors (Lipinski definition) is 5. The highest BCUT2D eigenvalue weighted by molar-refractivity contribution is 7.89. The highest BCUT2D eigenvalue weighted by atomic mass is 32.2. The lowest BCUT2D eigenvalue weighted by molar-refractivity contribution is 0.128. The molecule has 2 N–H and O–H groups in total. The van der Waals surface area contributed by atoms with Crippen molar-refractivity contribution in [1.29, 1.82) is 0 Å². The Bertz CT molecular complexity index is 1190. The molecule has 2 aromatic carbocycles. The van der Waals surface area contributed by atoms with E-state index in [2.05, 4.69) is 16.9 Å². The monoisotopic (exact) mass is 471 g/mol. The van der Waals surface area contributed by atoms with Gasteiger partial charge in [0, 0.05) is 12.5 Å². The van der Waals surface area contributed by atoms with Crippen molar-refractivity contribution in [3.63, 3.8) is 0 Å². The Morgan fingerprint density at radius 1 is 1.15 bits per heavy atom. The summed E-state index contributed by atoms with van der Waals surface area (Å²) in [7, 11) is -4.00. The molecule has 33 heavy (non-hydrogen) atoms. The van der Waals surface area contributed by atoms with E-state index in [-0.39, 0.29) is 10.6 Å². The molecule has 1 aliphatic rings. The Balaban J connectivity index is 1.70. The number of primary sulfonamides is 1. The van der Waals surface area contributed by atoms with E-state index in [4.69, 9.17) is 10.1 Å². The fourth-order valence-electron chi connectivity index (χ4n) is 4.49. The molecule has 0 saturated carbocycles. The van der Waals surface area contributed by atoms with Gasteiger partial charge in [-0.15, -0.1) is 5.10 Å². The number of likely N-dealkylation sites (tertiary alicyclic amines) is 1. The van der Waals surface area contributed by atoms with E-state index in [1.54, 1.807) is 0 Å². The minimum Gasteiger partial charge on any atom is -0.293 e. The van der Waals surface area contributed by atoms with Crippen molar-refractivity contribution >= 4 is 10.0 Å². The predicted molar refractivity (Wildman–Crippen MR) is 125 cm³/mol. The number of benzene rings is 2. The van der Waals surface area contributed by atoms with Crippen LogP contribution in [0.25, 0.3) is 5.69 Å². The minimum atomic E-state index is -4.00. The zero-order valence-electron chi connectivity index (χ0n) is 18.8. The van der Waals surface area contributed by atoms with Crippen molar-refractivity contribution in [3.05, 3.63) is 71.6 Å². The third-order valence-electron chi connectivity index (χ3n) is 6.11. The standard InChI is InChI=1S/C24H30FN5O2S/c1-2-8-19-11-6-7-14-29(19)17-23-27-24(15-18-9-4-3-5-10-18)30(28-23)22-13-12-20(16-21(22)25)33(26,31)32/h3-5,9-10,12-13,16,19H,2,6-8,11,14-15,17H2,1H3,(H2,26,31,32). The van der Waals surface area contributed by atoms with Crippen LogP contribution in [0.4, 0.5) is 4.39 Å². The van der Waals surface area contributed by atoms with Crippen LogP contribution in [0.15, 0.2) is 53.4 Å². The van der Waals surface area contributed by atoms with Crippen molar-refractivity contribution in [1.82, 2.24) is 19.7 Å². The van der Waals surface area contributed by atoms with Crippen molar-refractivity contribution in [2.45, 2.75) is 62.9 Å². The van der Waals surface area contributed by atoms with E-state index < -0.39 is 15.8 Å². The number of halogens is 1. The van der Waals surface area contributed by atoms with Gasteiger partial charge in [-0.05, 0) is 49.6 Å². The SMILES string of the molecule is CCCC1CCCCN1Cc1nc(Cc2ccccc2)n(-c2ccc(S(N)(=O)=O)cc2F)n1. The first-order valence-corrected chi connectivity index (χ1v) is 13.0. The third kappa shape index (κ3) is 5.66. The maximum absolute atomic E-state index is 15.0. The Labute approximate surface area is 194 Å². The summed E-state index contributed by atoms with van der Waals surface area (Å²) in [5.74, 6) is 0.524. The van der Waals surface area contributed by atoms with E-state index in [1.807, 2.05) is 30.3 Å². The molecule has 1 unspecified atom stereocenters. The maximum atomic E-state index is 15.0. The summed E-state index contributed by atoms with van der Waals surface area (Å²) in [6.45, 7) is 3.81. The summed E-state index contributed by atoms with van der Waals surface area (Å²) in [6.07, 6.45) is 6.31. The summed E-state index contributed by atoms with van der Waals surface area (Å²) in [4.78, 5) is 6.94. The van der Waals surface area contributed by atoms with Gasteiger partial charge in [0.05, 0.1) is 11.4 Å². The second-order valence-electron chi connectivity index (χ2n) is 8.59. The first-order chi connectivity index (χ1) is 15.8. The van der Waals surface area contributed by atoms with Gasteiger partial charge >= 0.3 is 0 Å². The smallest absolute Gasteiger partial charge is 0.238 e. The number of nitrogens with zero attached hydrogens (tertiary/aromatic N) is 4. The van der Waals surface area contributed by atoms with Crippen LogP contribution in [-0.4, -0.2) is 40.7 Å². The van der Waals surface area contributed by atoms with E-state index in [1.165, 1.54) is 29.7 Å². The van der Waals surface area contributed by atoms with Crippen LogP contribution in [0.3, 0.4) is 0 Å². The van der Waals surface area contributed by atoms with Gasteiger partial charge in [0.25, 0.3) is 0 Å². The van der Waals surface area contributed by atoms with Crippen LogP contribution in [0.1, 0.15) is 56.2 Å². The van der Waals surface area contributed by atoms with Gasteiger partial charge in [-0.3, -0.25) is 4.90 Å². The molecule has 0 amide bonds. The molecule has 1 aromatic heterocycles. The van der Waals surface area contributed by atoms with Gasteiger partial charge < -0.3 is 0 Å². The molecule has 2 heterocycles.